The van der Waals surface area contributed by atoms with Crippen molar-refractivity contribution >= 4 is 11.8 Å². The van der Waals surface area contributed by atoms with Gasteiger partial charge in [0, 0.05) is 25.1 Å². The summed E-state index contributed by atoms with van der Waals surface area (Å²) in [5, 5.41) is 5.54. The van der Waals surface area contributed by atoms with Gasteiger partial charge < -0.3 is 15.1 Å². The Balaban J connectivity index is 1.94. The van der Waals surface area contributed by atoms with Gasteiger partial charge in [-0.2, -0.15) is 0 Å². The van der Waals surface area contributed by atoms with Crippen LogP contribution in [0.15, 0.2) is 40.8 Å². The molecule has 1 aromatic heterocycles. The van der Waals surface area contributed by atoms with Crippen molar-refractivity contribution in [1.82, 2.24) is 10.6 Å². The van der Waals surface area contributed by atoms with Crippen molar-refractivity contribution in [3.05, 3.63) is 59.0 Å². The summed E-state index contributed by atoms with van der Waals surface area (Å²) in [5.41, 5.74) is 1.47. The summed E-state index contributed by atoms with van der Waals surface area (Å²) >= 11 is 0. The fraction of sp³-hybridized carbons (Fsp3) is 0.368. The molecule has 1 saturated carbocycles. The molecule has 2 amide bonds. The Morgan fingerprint density at radius 1 is 1.21 bits per heavy atom. The van der Waals surface area contributed by atoms with Gasteiger partial charge in [-0.15, -0.1) is 0 Å². The van der Waals surface area contributed by atoms with Gasteiger partial charge in [0.2, 0.25) is 0 Å². The summed E-state index contributed by atoms with van der Waals surface area (Å²) < 4.78 is 5.76. The van der Waals surface area contributed by atoms with Crippen LogP contribution in [0.25, 0.3) is 0 Å². The highest BCUT2D eigenvalue weighted by Crippen LogP contribution is 2.32. The number of furan rings is 1. The van der Waals surface area contributed by atoms with E-state index in [0.29, 0.717) is 17.2 Å². The average molecular weight is 326 g/mol. The maximum atomic E-state index is 12.6. The smallest absolute Gasteiger partial charge is 0.286 e. The largest absolute Gasteiger partial charge is 0.454 e. The fourth-order valence-corrected chi connectivity index (χ4v) is 2.80. The normalized spacial score (nSPS) is 20.3. The van der Waals surface area contributed by atoms with E-state index in [0.717, 1.165) is 12.0 Å². The number of carbonyl (C=O) groups is 2. The topological polar surface area (TPSA) is 71.3 Å². The highest BCUT2D eigenvalue weighted by molar-refractivity contribution is 5.99. The van der Waals surface area contributed by atoms with Crippen molar-refractivity contribution in [2.75, 3.05) is 7.05 Å². The number of rotatable bonds is 5. The number of hydrogen-bond acceptors (Lipinski definition) is 3. The van der Waals surface area contributed by atoms with Crippen molar-refractivity contribution in [3.63, 3.8) is 0 Å². The van der Waals surface area contributed by atoms with Gasteiger partial charge >= 0.3 is 0 Å². The summed E-state index contributed by atoms with van der Waals surface area (Å²) in [6, 6.07) is 11.6. The molecule has 1 aromatic carbocycles. The molecule has 126 valence electrons. The predicted molar refractivity (Wildman–Crippen MR) is 91.1 cm³/mol. The Morgan fingerprint density at radius 2 is 1.88 bits per heavy atom. The van der Waals surface area contributed by atoms with E-state index in [2.05, 4.69) is 17.6 Å². The predicted octanol–water partition coefficient (Wildman–Crippen LogP) is 2.93. The first-order chi connectivity index (χ1) is 11.5. The third kappa shape index (κ3) is 3.20. The molecule has 1 heterocycles. The maximum Gasteiger partial charge on any atom is 0.286 e. The minimum atomic E-state index is -0.338. The summed E-state index contributed by atoms with van der Waals surface area (Å²) in [6.07, 6.45) is 0.996. The molecule has 0 radical (unpaired) electrons. The fourth-order valence-electron chi connectivity index (χ4n) is 2.80. The molecule has 0 spiro atoms. The van der Waals surface area contributed by atoms with Gasteiger partial charge in [-0.3, -0.25) is 9.59 Å². The Hall–Kier alpha value is -2.56. The molecular formula is C19H22N2O3. The Labute approximate surface area is 141 Å². The first-order valence-electron chi connectivity index (χ1n) is 8.23. The van der Waals surface area contributed by atoms with E-state index in [-0.39, 0.29) is 29.5 Å². The van der Waals surface area contributed by atoms with Gasteiger partial charge in [0.15, 0.2) is 5.76 Å². The minimum absolute atomic E-state index is 0.123. The van der Waals surface area contributed by atoms with Crippen LogP contribution in [0.1, 0.15) is 58.4 Å². The minimum Gasteiger partial charge on any atom is -0.454 e. The van der Waals surface area contributed by atoms with Crippen LogP contribution in [-0.2, 0) is 0 Å². The lowest BCUT2D eigenvalue weighted by Crippen LogP contribution is -2.27. The third-order valence-electron chi connectivity index (χ3n) is 4.58. The molecule has 1 aliphatic carbocycles. The van der Waals surface area contributed by atoms with E-state index in [9.17, 15) is 9.59 Å². The van der Waals surface area contributed by atoms with Gasteiger partial charge in [-0.25, -0.2) is 0 Å². The quantitative estimate of drug-likeness (QED) is 0.887. The van der Waals surface area contributed by atoms with Gasteiger partial charge in [-0.05, 0) is 17.9 Å². The van der Waals surface area contributed by atoms with Gasteiger partial charge in [-0.1, -0.05) is 44.2 Å². The van der Waals surface area contributed by atoms with Crippen LogP contribution < -0.4 is 10.6 Å². The summed E-state index contributed by atoms with van der Waals surface area (Å²) in [7, 11) is 1.54. The summed E-state index contributed by atoms with van der Waals surface area (Å²) in [6.45, 7) is 4.07. The molecule has 0 aliphatic heterocycles. The van der Waals surface area contributed by atoms with Crippen molar-refractivity contribution < 1.29 is 14.0 Å². The Bertz CT molecular complexity index is 751. The highest BCUT2D eigenvalue weighted by Gasteiger charge is 2.35. The zero-order valence-electron chi connectivity index (χ0n) is 14.1. The molecule has 2 N–H and O–H groups in total. The van der Waals surface area contributed by atoms with E-state index in [1.807, 2.05) is 37.3 Å². The van der Waals surface area contributed by atoms with Crippen LogP contribution in [0, 0.1) is 5.92 Å². The number of nitrogens with one attached hydrogen (secondary N) is 2. The summed E-state index contributed by atoms with van der Waals surface area (Å²) in [5.74, 6) is 0.544. The molecule has 5 nitrogen and oxygen atoms in total. The molecular weight excluding hydrogens is 304 g/mol. The molecule has 2 aromatic rings. The van der Waals surface area contributed by atoms with Crippen molar-refractivity contribution in [2.45, 2.75) is 32.2 Å². The monoisotopic (exact) mass is 326 g/mol. The molecule has 1 fully saturated rings. The third-order valence-corrected chi connectivity index (χ3v) is 4.58. The second kappa shape index (κ2) is 6.51. The van der Waals surface area contributed by atoms with E-state index in [1.165, 1.54) is 13.1 Å². The zero-order chi connectivity index (χ0) is 17.3. The SMILES string of the molecule is CNC(=O)c1cc(C(=O)N[C@H]2C[C@@H]2C)c(C(C)c2ccccc2)o1. The number of benzene rings is 1. The molecule has 3 rings (SSSR count). The van der Waals surface area contributed by atoms with Gasteiger partial charge in [0.1, 0.15) is 5.76 Å². The molecule has 1 aliphatic rings. The van der Waals surface area contributed by atoms with Gasteiger partial charge in [0.25, 0.3) is 11.8 Å². The van der Waals surface area contributed by atoms with Crippen molar-refractivity contribution in [3.8, 4) is 0 Å². The summed E-state index contributed by atoms with van der Waals surface area (Å²) in [4.78, 5) is 24.5. The van der Waals surface area contributed by atoms with Gasteiger partial charge in [0.05, 0.1) is 5.56 Å². The van der Waals surface area contributed by atoms with Crippen LogP contribution in [0.3, 0.4) is 0 Å². The number of carbonyl (C=O) groups excluding carboxylic acids is 2. The lowest BCUT2D eigenvalue weighted by Gasteiger charge is -2.11. The number of amides is 2. The van der Waals surface area contributed by atoms with E-state index in [1.54, 1.807) is 0 Å². The Morgan fingerprint density at radius 3 is 2.46 bits per heavy atom. The molecule has 1 unspecified atom stereocenters. The maximum absolute atomic E-state index is 12.6. The van der Waals surface area contributed by atoms with Crippen LogP contribution in [0.5, 0.6) is 0 Å². The molecule has 5 heteroatoms. The van der Waals surface area contributed by atoms with E-state index in [4.69, 9.17) is 4.42 Å². The number of hydrogen-bond donors (Lipinski definition) is 2. The lowest BCUT2D eigenvalue weighted by atomic mass is 9.96. The standard InChI is InChI=1S/C19H22N2O3/c1-11-9-15(11)21-18(22)14-10-16(19(23)20-3)24-17(14)12(2)13-7-5-4-6-8-13/h4-8,10-12,15H,9H2,1-3H3,(H,20,23)(H,21,22)/t11-,12?,15-/m0/s1. The van der Waals surface area contributed by atoms with Crippen LogP contribution in [0.2, 0.25) is 0 Å². The average Bonchev–Trinajstić information content (AvgIpc) is 3.12. The first-order valence-corrected chi connectivity index (χ1v) is 8.23. The van der Waals surface area contributed by atoms with E-state index < -0.39 is 0 Å². The molecule has 0 saturated heterocycles. The lowest BCUT2D eigenvalue weighted by molar-refractivity contribution is 0.0928. The van der Waals surface area contributed by atoms with Crippen LogP contribution in [0.4, 0.5) is 0 Å². The molecule has 3 atom stereocenters. The van der Waals surface area contributed by atoms with Crippen molar-refractivity contribution in [1.29, 1.82) is 0 Å². The second-order valence-electron chi connectivity index (χ2n) is 6.39. The first kappa shape index (κ1) is 16.3. The van der Waals surface area contributed by atoms with Crippen LogP contribution in [-0.4, -0.2) is 24.9 Å². The van der Waals surface area contributed by atoms with Crippen molar-refractivity contribution in [2.24, 2.45) is 5.92 Å². The molecule has 0 bridgehead atoms. The second-order valence-corrected chi connectivity index (χ2v) is 6.39. The van der Waals surface area contributed by atoms with E-state index >= 15 is 0 Å². The van der Waals surface area contributed by atoms with Crippen LogP contribution >= 0.6 is 0 Å². The zero-order valence-corrected chi connectivity index (χ0v) is 14.1. The Kier molecular flexibility index (Phi) is 4.42. The molecule has 24 heavy (non-hydrogen) atoms. The highest BCUT2D eigenvalue weighted by atomic mass is 16.4.